The highest BCUT2D eigenvalue weighted by Gasteiger charge is 2.08. The number of hydrogen-bond donors (Lipinski definition) is 1. The van der Waals surface area contributed by atoms with Gasteiger partial charge in [-0.1, -0.05) is 11.6 Å². The van der Waals surface area contributed by atoms with Gasteiger partial charge in [0.1, 0.15) is 5.01 Å². The van der Waals surface area contributed by atoms with Gasteiger partial charge in [-0.2, -0.15) is 0 Å². The van der Waals surface area contributed by atoms with Gasteiger partial charge in [0.2, 0.25) is 5.91 Å². The fourth-order valence-electron chi connectivity index (χ4n) is 1.11. The first-order chi connectivity index (χ1) is 7.15. The normalized spacial score (nSPS) is 10.5. The number of halogens is 1. The van der Waals surface area contributed by atoms with Crippen LogP contribution in [0.25, 0.3) is 10.6 Å². The molecule has 78 valence electrons. The van der Waals surface area contributed by atoms with E-state index in [9.17, 15) is 4.79 Å². The highest BCUT2D eigenvalue weighted by molar-refractivity contribution is 7.19. The maximum absolute atomic E-state index is 10.7. The van der Waals surface area contributed by atoms with Gasteiger partial charge in [0.05, 0.1) is 21.3 Å². The lowest BCUT2D eigenvalue weighted by Crippen LogP contribution is -2.13. The lowest BCUT2D eigenvalue weighted by Gasteiger charge is -1.89. The van der Waals surface area contributed by atoms with E-state index in [1.165, 1.54) is 22.7 Å². The fraction of sp³-hybridized carbons (Fsp3) is 0.111. The van der Waals surface area contributed by atoms with Crippen molar-refractivity contribution < 1.29 is 4.79 Å². The van der Waals surface area contributed by atoms with Gasteiger partial charge in [-0.15, -0.1) is 22.7 Å². The van der Waals surface area contributed by atoms with Gasteiger partial charge >= 0.3 is 0 Å². The van der Waals surface area contributed by atoms with Crippen molar-refractivity contribution in [3.05, 3.63) is 26.9 Å². The number of nitrogens with two attached hydrogens (primary N) is 1. The van der Waals surface area contributed by atoms with Crippen molar-refractivity contribution >= 4 is 40.2 Å². The number of carbonyl (C=O) groups is 1. The molecule has 3 nitrogen and oxygen atoms in total. The molecule has 0 aliphatic carbocycles. The van der Waals surface area contributed by atoms with Crippen LogP contribution in [0.3, 0.4) is 0 Å². The Hall–Kier alpha value is -0.910. The van der Waals surface area contributed by atoms with Crippen LogP contribution in [0, 0.1) is 0 Å². The number of carbonyl (C=O) groups excluding carboxylic acids is 1. The molecular weight excluding hydrogens is 252 g/mol. The quantitative estimate of drug-likeness (QED) is 0.920. The van der Waals surface area contributed by atoms with Crippen molar-refractivity contribution in [1.29, 1.82) is 0 Å². The topological polar surface area (TPSA) is 56.0 Å². The van der Waals surface area contributed by atoms with Crippen molar-refractivity contribution in [3.8, 4) is 10.6 Å². The first-order valence-electron chi connectivity index (χ1n) is 4.13. The van der Waals surface area contributed by atoms with E-state index in [-0.39, 0.29) is 12.3 Å². The summed E-state index contributed by atoms with van der Waals surface area (Å²) in [5.74, 6) is -0.361. The summed E-state index contributed by atoms with van der Waals surface area (Å²) in [4.78, 5) is 16.0. The molecule has 0 aromatic carbocycles. The number of amides is 1. The van der Waals surface area contributed by atoms with Gasteiger partial charge in [-0.3, -0.25) is 4.79 Å². The molecule has 0 saturated heterocycles. The molecule has 0 fully saturated rings. The molecule has 0 unspecified atom stereocenters. The summed E-state index contributed by atoms with van der Waals surface area (Å²) in [5, 5.41) is 2.64. The van der Waals surface area contributed by atoms with E-state index in [0.717, 1.165) is 19.9 Å². The zero-order valence-corrected chi connectivity index (χ0v) is 9.96. The zero-order valence-electron chi connectivity index (χ0n) is 7.57. The van der Waals surface area contributed by atoms with Crippen molar-refractivity contribution in [2.45, 2.75) is 6.42 Å². The molecule has 2 rings (SSSR count). The fourth-order valence-corrected chi connectivity index (χ4v) is 2.99. The van der Waals surface area contributed by atoms with E-state index in [1.54, 1.807) is 0 Å². The van der Waals surface area contributed by atoms with Crippen molar-refractivity contribution in [2.24, 2.45) is 5.73 Å². The number of thiophene rings is 1. The summed E-state index contributed by atoms with van der Waals surface area (Å²) in [6.07, 6.45) is 0.198. The van der Waals surface area contributed by atoms with Gasteiger partial charge in [-0.05, 0) is 12.1 Å². The average Bonchev–Trinajstić information content (AvgIpc) is 2.72. The maximum atomic E-state index is 10.7. The number of nitrogens with zero attached hydrogens (tertiary/aromatic N) is 1. The molecular formula is C9H7ClN2OS2. The maximum Gasteiger partial charge on any atom is 0.224 e. The molecule has 0 bridgehead atoms. The van der Waals surface area contributed by atoms with Crippen LogP contribution in [0.2, 0.25) is 4.34 Å². The third kappa shape index (κ3) is 2.56. The minimum atomic E-state index is -0.361. The molecule has 0 atom stereocenters. The Kier molecular flexibility index (Phi) is 3.04. The van der Waals surface area contributed by atoms with Crippen LogP contribution in [0.1, 0.15) is 5.01 Å². The third-order valence-corrected chi connectivity index (χ3v) is 3.81. The molecule has 0 spiro atoms. The van der Waals surface area contributed by atoms with Crippen molar-refractivity contribution in [2.75, 3.05) is 0 Å². The summed E-state index contributed by atoms with van der Waals surface area (Å²) in [6.45, 7) is 0. The second-order valence-corrected chi connectivity index (χ2v) is 5.53. The Morgan fingerprint density at radius 3 is 2.93 bits per heavy atom. The van der Waals surface area contributed by atoms with Gasteiger partial charge in [0, 0.05) is 5.38 Å². The van der Waals surface area contributed by atoms with Gasteiger partial charge in [-0.25, -0.2) is 4.98 Å². The zero-order chi connectivity index (χ0) is 10.8. The Morgan fingerprint density at radius 2 is 2.33 bits per heavy atom. The summed E-state index contributed by atoms with van der Waals surface area (Å²) in [7, 11) is 0. The van der Waals surface area contributed by atoms with Gasteiger partial charge < -0.3 is 5.73 Å². The van der Waals surface area contributed by atoms with E-state index in [1.807, 2.05) is 17.5 Å². The van der Waals surface area contributed by atoms with Crippen LogP contribution >= 0.6 is 34.3 Å². The van der Waals surface area contributed by atoms with Crippen LogP contribution in [0.4, 0.5) is 0 Å². The first-order valence-corrected chi connectivity index (χ1v) is 6.21. The standard InChI is InChI=1S/C9H7ClN2OS2/c10-7-2-1-6(15-7)5-4-14-9(12-5)3-8(11)13/h1-2,4H,3H2,(H2,11,13). The second kappa shape index (κ2) is 4.30. The highest BCUT2D eigenvalue weighted by Crippen LogP contribution is 2.31. The minimum absolute atomic E-state index is 0.198. The largest absolute Gasteiger partial charge is 0.369 e. The van der Waals surface area contributed by atoms with Crippen molar-refractivity contribution in [3.63, 3.8) is 0 Å². The summed E-state index contributed by atoms with van der Waals surface area (Å²) in [5.41, 5.74) is 5.94. The minimum Gasteiger partial charge on any atom is -0.369 e. The molecule has 2 N–H and O–H groups in total. The SMILES string of the molecule is NC(=O)Cc1nc(-c2ccc(Cl)s2)cs1. The number of thiazole rings is 1. The average molecular weight is 259 g/mol. The van der Waals surface area contributed by atoms with Gasteiger partial charge in [0.25, 0.3) is 0 Å². The van der Waals surface area contributed by atoms with Crippen LogP contribution in [-0.2, 0) is 11.2 Å². The van der Waals surface area contributed by atoms with Gasteiger partial charge in [0.15, 0.2) is 0 Å². The lowest BCUT2D eigenvalue weighted by atomic mass is 10.4. The van der Waals surface area contributed by atoms with Crippen LogP contribution in [0.15, 0.2) is 17.5 Å². The van der Waals surface area contributed by atoms with E-state index in [4.69, 9.17) is 17.3 Å². The van der Waals surface area contributed by atoms with Crippen LogP contribution in [0.5, 0.6) is 0 Å². The molecule has 2 heterocycles. The van der Waals surface area contributed by atoms with Crippen LogP contribution in [-0.4, -0.2) is 10.9 Å². The number of aromatic nitrogens is 1. The Morgan fingerprint density at radius 1 is 1.53 bits per heavy atom. The molecule has 2 aromatic heterocycles. The van der Waals surface area contributed by atoms with Crippen LogP contribution < -0.4 is 5.73 Å². The van der Waals surface area contributed by atoms with E-state index >= 15 is 0 Å². The highest BCUT2D eigenvalue weighted by atomic mass is 35.5. The predicted octanol–water partition coefficient (Wildman–Crippen LogP) is 2.55. The molecule has 0 aliphatic rings. The first kappa shape index (κ1) is 10.6. The molecule has 15 heavy (non-hydrogen) atoms. The second-order valence-electron chi connectivity index (χ2n) is 2.87. The molecule has 2 aromatic rings. The van der Waals surface area contributed by atoms with E-state index in [2.05, 4.69) is 4.98 Å². The molecule has 0 radical (unpaired) electrons. The Balaban J connectivity index is 2.23. The summed E-state index contributed by atoms with van der Waals surface area (Å²) >= 11 is 8.72. The predicted molar refractivity (Wildman–Crippen MR) is 63.3 cm³/mol. The smallest absolute Gasteiger partial charge is 0.224 e. The van der Waals surface area contributed by atoms with E-state index in [0.29, 0.717) is 0 Å². The lowest BCUT2D eigenvalue weighted by molar-refractivity contribution is -0.117. The Labute approximate surface area is 99.5 Å². The number of hydrogen-bond acceptors (Lipinski definition) is 4. The molecule has 1 amide bonds. The number of primary amides is 1. The third-order valence-electron chi connectivity index (χ3n) is 1.70. The molecule has 0 aliphatic heterocycles. The van der Waals surface area contributed by atoms with E-state index < -0.39 is 0 Å². The summed E-state index contributed by atoms with van der Waals surface area (Å²) < 4.78 is 0.731. The molecule has 6 heteroatoms. The Bertz CT molecular complexity index is 492. The number of rotatable bonds is 3. The summed E-state index contributed by atoms with van der Waals surface area (Å²) in [6, 6.07) is 3.74. The molecule has 0 saturated carbocycles. The van der Waals surface area contributed by atoms with Crippen molar-refractivity contribution in [1.82, 2.24) is 4.98 Å². The monoisotopic (exact) mass is 258 g/mol.